The van der Waals surface area contributed by atoms with Gasteiger partial charge in [-0.1, -0.05) is 31.6 Å². The number of hydrogen-bond donors (Lipinski definition) is 0. The molecule has 0 unspecified atom stereocenters. The van der Waals surface area contributed by atoms with Crippen molar-refractivity contribution in [2.75, 3.05) is 0 Å². The Morgan fingerprint density at radius 1 is 1.27 bits per heavy atom. The van der Waals surface area contributed by atoms with Crippen LogP contribution in [0.25, 0.3) is 0 Å². The van der Waals surface area contributed by atoms with Gasteiger partial charge in [0, 0.05) is 0 Å². The van der Waals surface area contributed by atoms with Crippen molar-refractivity contribution in [1.29, 1.82) is 0 Å². The van der Waals surface area contributed by atoms with Crippen LogP contribution >= 0.6 is 0 Å². The Morgan fingerprint density at radius 2 is 1.82 bits per heavy atom. The first-order valence-electron chi connectivity index (χ1n) is 3.89. The number of hydrogen-bond acceptors (Lipinski definition) is 1. The Hall–Kier alpha value is -0.850. The summed E-state index contributed by atoms with van der Waals surface area (Å²) in [6, 6.07) is 0. The first-order valence-corrected chi connectivity index (χ1v) is 3.89. The zero-order chi connectivity index (χ0) is 8.85. The van der Waals surface area contributed by atoms with Crippen molar-refractivity contribution in [2.24, 2.45) is 5.92 Å². The van der Waals surface area contributed by atoms with Crippen molar-refractivity contribution in [1.82, 2.24) is 0 Å². The monoisotopic (exact) mass is 152 g/mol. The SMILES string of the molecule is CC(=O)/C=C/C=C(\C)C(C)C. The maximum Gasteiger partial charge on any atom is 0.152 e. The van der Waals surface area contributed by atoms with E-state index in [0.29, 0.717) is 5.92 Å². The van der Waals surface area contributed by atoms with Crippen LogP contribution in [0.1, 0.15) is 27.7 Å². The second-order valence-electron chi connectivity index (χ2n) is 3.04. The van der Waals surface area contributed by atoms with Gasteiger partial charge < -0.3 is 0 Å². The maximum atomic E-state index is 10.5. The molecule has 1 nitrogen and oxygen atoms in total. The molecule has 0 heterocycles. The predicted octanol–water partition coefficient (Wildman–Crippen LogP) is 2.73. The van der Waals surface area contributed by atoms with E-state index in [1.807, 2.05) is 6.08 Å². The molecular formula is C10H16O. The van der Waals surface area contributed by atoms with Gasteiger partial charge in [-0.25, -0.2) is 0 Å². The number of carbonyl (C=O) groups excluding carboxylic acids is 1. The highest BCUT2D eigenvalue weighted by molar-refractivity contribution is 5.87. The van der Waals surface area contributed by atoms with Gasteiger partial charge >= 0.3 is 0 Å². The molecule has 0 spiro atoms. The number of rotatable bonds is 3. The molecule has 0 rings (SSSR count). The Labute approximate surface area is 68.8 Å². The summed E-state index contributed by atoms with van der Waals surface area (Å²) < 4.78 is 0. The maximum absolute atomic E-state index is 10.5. The minimum atomic E-state index is 0.0952. The predicted molar refractivity (Wildman–Crippen MR) is 48.4 cm³/mol. The third-order valence-corrected chi connectivity index (χ3v) is 1.60. The topological polar surface area (TPSA) is 17.1 Å². The third-order valence-electron chi connectivity index (χ3n) is 1.60. The minimum absolute atomic E-state index is 0.0952. The number of allylic oxidation sites excluding steroid dienone is 4. The molecule has 0 aliphatic carbocycles. The van der Waals surface area contributed by atoms with Crippen molar-refractivity contribution in [3.8, 4) is 0 Å². The van der Waals surface area contributed by atoms with Crippen LogP contribution in [0.2, 0.25) is 0 Å². The summed E-state index contributed by atoms with van der Waals surface area (Å²) in [4.78, 5) is 10.5. The van der Waals surface area contributed by atoms with E-state index in [4.69, 9.17) is 0 Å². The summed E-state index contributed by atoms with van der Waals surface area (Å²) in [7, 11) is 0. The molecule has 0 aliphatic heterocycles. The largest absolute Gasteiger partial charge is 0.295 e. The Kier molecular flexibility index (Phi) is 4.51. The first kappa shape index (κ1) is 10.2. The number of carbonyl (C=O) groups is 1. The van der Waals surface area contributed by atoms with E-state index >= 15 is 0 Å². The van der Waals surface area contributed by atoms with Gasteiger partial charge in [0.15, 0.2) is 5.78 Å². The molecule has 0 aliphatic rings. The van der Waals surface area contributed by atoms with Gasteiger partial charge in [-0.2, -0.15) is 0 Å². The van der Waals surface area contributed by atoms with E-state index < -0.39 is 0 Å². The van der Waals surface area contributed by atoms with Crippen LogP contribution in [-0.4, -0.2) is 5.78 Å². The lowest BCUT2D eigenvalue weighted by Gasteiger charge is -2.01. The van der Waals surface area contributed by atoms with Gasteiger partial charge in [0.2, 0.25) is 0 Å². The lowest BCUT2D eigenvalue weighted by Crippen LogP contribution is -1.87. The van der Waals surface area contributed by atoms with Gasteiger partial charge in [-0.3, -0.25) is 4.79 Å². The highest BCUT2D eigenvalue weighted by Gasteiger charge is 1.92. The fourth-order valence-corrected chi connectivity index (χ4v) is 0.528. The second kappa shape index (κ2) is 4.89. The van der Waals surface area contributed by atoms with Crippen LogP contribution in [0.3, 0.4) is 0 Å². The molecule has 0 amide bonds. The van der Waals surface area contributed by atoms with Crippen molar-refractivity contribution in [3.05, 3.63) is 23.8 Å². The fourth-order valence-electron chi connectivity index (χ4n) is 0.528. The molecule has 0 radical (unpaired) electrons. The lowest BCUT2D eigenvalue weighted by atomic mass is 10.1. The summed E-state index contributed by atoms with van der Waals surface area (Å²) >= 11 is 0. The van der Waals surface area contributed by atoms with E-state index in [2.05, 4.69) is 20.8 Å². The van der Waals surface area contributed by atoms with Gasteiger partial charge in [0.1, 0.15) is 0 Å². The fraction of sp³-hybridized carbons (Fsp3) is 0.500. The Morgan fingerprint density at radius 3 is 2.18 bits per heavy atom. The standard InChI is InChI=1S/C10H16O/c1-8(2)9(3)6-5-7-10(4)11/h5-8H,1-4H3/b7-5+,9-6+. The van der Waals surface area contributed by atoms with Gasteiger partial charge in [0.05, 0.1) is 0 Å². The average molecular weight is 152 g/mol. The number of ketones is 1. The van der Waals surface area contributed by atoms with E-state index in [-0.39, 0.29) is 5.78 Å². The van der Waals surface area contributed by atoms with Crippen LogP contribution in [0, 0.1) is 5.92 Å². The van der Waals surface area contributed by atoms with Crippen LogP contribution in [0.15, 0.2) is 23.8 Å². The van der Waals surface area contributed by atoms with Crippen molar-refractivity contribution >= 4 is 5.78 Å². The molecule has 0 aromatic carbocycles. The molecule has 0 saturated carbocycles. The minimum Gasteiger partial charge on any atom is -0.295 e. The molecule has 0 saturated heterocycles. The second-order valence-corrected chi connectivity index (χ2v) is 3.04. The summed E-state index contributed by atoms with van der Waals surface area (Å²) in [6.45, 7) is 7.88. The van der Waals surface area contributed by atoms with Crippen molar-refractivity contribution in [3.63, 3.8) is 0 Å². The smallest absolute Gasteiger partial charge is 0.152 e. The van der Waals surface area contributed by atoms with Gasteiger partial charge in [0.25, 0.3) is 0 Å². The zero-order valence-electron chi connectivity index (χ0n) is 7.72. The van der Waals surface area contributed by atoms with Gasteiger partial charge in [-0.05, 0) is 25.8 Å². The van der Waals surface area contributed by atoms with Gasteiger partial charge in [-0.15, -0.1) is 0 Å². The van der Waals surface area contributed by atoms with Crippen LogP contribution < -0.4 is 0 Å². The molecule has 1 heteroatoms. The van der Waals surface area contributed by atoms with Crippen LogP contribution in [0.5, 0.6) is 0 Å². The molecule has 0 fully saturated rings. The molecule has 0 N–H and O–H groups in total. The summed E-state index contributed by atoms with van der Waals surface area (Å²) in [5.41, 5.74) is 1.29. The van der Waals surface area contributed by atoms with E-state index in [0.717, 1.165) is 0 Å². The van der Waals surface area contributed by atoms with Crippen LogP contribution in [0.4, 0.5) is 0 Å². The van der Waals surface area contributed by atoms with Crippen LogP contribution in [-0.2, 0) is 4.79 Å². The molecule has 11 heavy (non-hydrogen) atoms. The van der Waals surface area contributed by atoms with E-state index in [9.17, 15) is 4.79 Å². The lowest BCUT2D eigenvalue weighted by molar-refractivity contribution is -0.112. The van der Waals surface area contributed by atoms with E-state index in [1.165, 1.54) is 5.57 Å². The Balaban J connectivity index is 4.01. The zero-order valence-corrected chi connectivity index (χ0v) is 7.72. The summed E-state index contributed by atoms with van der Waals surface area (Å²) in [5.74, 6) is 0.657. The first-order chi connectivity index (χ1) is 5.04. The quantitative estimate of drug-likeness (QED) is 0.449. The third kappa shape index (κ3) is 5.59. The highest BCUT2D eigenvalue weighted by atomic mass is 16.1. The molecule has 62 valence electrons. The highest BCUT2D eigenvalue weighted by Crippen LogP contribution is 2.07. The Bertz CT molecular complexity index is 185. The van der Waals surface area contributed by atoms with Crippen molar-refractivity contribution < 1.29 is 4.79 Å². The molecular weight excluding hydrogens is 136 g/mol. The molecule has 0 bridgehead atoms. The molecule has 0 atom stereocenters. The van der Waals surface area contributed by atoms with Crippen molar-refractivity contribution in [2.45, 2.75) is 27.7 Å². The summed E-state index contributed by atoms with van der Waals surface area (Å²) in [5, 5.41) is 0. The summed E-state index contributed by atoms with van der Waals surface area (Å²) in [6.07, 6.45) is 5.36. The molecule has 0 aromatic rings. The average Bonchev–Trinajstić information content (AvgIpc) is 1.86. The normalized spacial score (nSPS) is 13.0. The van der Waals surface area contributed by atoms with E-state index in [1.54, 1.807) is 19.1 Å². The molecule has 0 aromatic heterocycles.